The predicted molar refractivity (Wildman–Crippen MR) is 84.3 cm³/mol. The quantitative estimate of drug-likeness (QED) is 0.628. The molecule has 6 heteroatoms. The molecule has 0 N–H and O–H groups in total. The summed E-state index contributed by atoms with van der Waals surface area (Å²) in [5, 5.41) is 0. The zero-order valence-electron chi connectivity index (χ0n) is 14.0. The standard InChI is InChI=1S/C16H23BO5/c1-11(14(18)19-6)20-13-9-7-8-12(10-13)17-21-15(2,3)16(4,5)22-17/h7-11H,1-6H3. The van der Waals surface area contributed by atoms with E-state index in [2.05, 4.69) is 4.74 Å². The van der Waals surface area contributed by atoms with Crippen molar-refractivity contribution in [1.82, 2.24) is 0 Å². The minimum absolute atomic E-state index is 0.395. The van der Waals surface area contributed by atoms with Crippen molar-refractivity contribution in [3.63, 3.8) is 0 Å². The van der Waals surface area contributed by atoms with Crippen LogP contribution in [0.4, 0.5) is 0 Å². The van der Waals surface area contributed by atoms with Crippen molar-refractivity contribution in [3.05, 3.63) is 24.3 Å². The maximum atomic E-state index is 11.4. The van der Waals surface area contributed by atoms with Crippen LogP contribution in [0.2, 0.25) is 0 Å². The van der Waals surface area contributed by atoms with E-state index < -0.39 is 30.4 Å². The van der Waals surface area contributed by atoms with Crippen LogP contribution in [0.3, 0.4) is 0 Å². The summed E-state index contributed by atoms with van der Waals surface area (Å²) in [7, 11) is 0.880. The van der Waals surface area contributed by atoms with Crippen molar-refractivity contribution in [1.29, 1.82) is 0 Å². The van der Waals surface area contributed by atoms with Gasteiger partial charge in [-0.15, -0.1) is 0 Å². The lowest BCUT2D eigenvalue weighted by atomic mass is 9.79. The van der Waals surface area contributed by atoms with Gasteiger partial charge in [0.25, 0.3) is 0 Å². The third-order valence-corrected chi connectivity index (χ3v) is 4.23. The Balaban J connectivity index is 2.15. The van der Waals surface area contributed by atoms with E-state index in [1.165, 1.54) is 7.11 Å². The highest BCUT2D eigenvalue weighted by atomic mass is 16.7. The highest BCUT2D eigenvalue weighted by molar-refractivity contribution is 6.62. The Bertz CT molecular complexity index is 539. The van der Waals surface area contributed by atoms with Crippen LogP contribution in [0.5, 0.6) is 5.75 Å². The lowest BCUT2D eigenvalue weighted by Gasteiger charge is -2.32. The minimum atomic E-state index is -0.668. The normalized spacial score (nSPS) is 20.5. The van der Waals surface area contributed by atoms with E-state index in [4.69, 9.17) is 14.0 Å². The number of rotatable bonds is 4. The first-order valence-electron chi connectivity index (χ1n) is 7.36. The zero-order chi connectivity index (χ0) is 16.5. The van der Waals surface area contributed by atoms with Crippen LogP contribution in [0.1, 0.15) is 34.6 Å². The molecule has 0 aromatic heterocycles. The molecule has 0 aliphatic carbocycles. The molecule has 1 aromatic rings. The van der Waals surface area contributed by atoms with E-state index >= 15 is 0 Å². The topological polar surface area (TPSA) is 54.0 Å². The average Bonchev–Trinajstić information content (AvgIpc) is 2.67. The second-order valence-electron chi connectivity index (χ2n) is 6.44. The van der Waals surface area contributed by atoms with Crippen molar-refractivity contribution in [2.24, 2.45) is 0 Å². The molecule has 0 radical (unpaired) electrons. The van der Waals surface area contributed by atoms with Crippen LogP contribution in [0, 0.1) is 0 Å². The highest BCUT2D eigenvalue weighted by Crippen LogP contribution is 2.36. The fourth-order valence-corrected chi connectivity index (χ4v) is 2.13. The lowest BCUT2D eigenvalue weighted by Crippen LogP contribution is -2.41. The molecule has 0 bridgehead atoms. The van der Waals surface area contributed by atoms with Gasteiger partial charge in [0.2, 0.25) is 0 Å². The van der Waals surface area contributed by atoms with Crippen LogP contribution < -0.4 is 10.2 Å². The maximum Gasteiger partial charge on any atom is 0.494 e. The van der Waals surface area contributed by atoms with Crippen LogP contribution in [-0.2, 0) is 18.8 Å². The molecule has 1 atom stereocenters. The smallest absolute Gasteiger partial charge is 0.479 e. The van der Waals surface area contributed by atoms with Gasteiger partial charge in [0.15, 0.2) is 6.10 Å². The molecule has 120 valence electrons. The van der Waals surface area contributed by atoms with Crippen molar-refractivity contribution in [2.75, 3.05) is 7.11 Å². The number of esters is 1. The van der Waals surface area contributed by atoms with Gasteiger partial charge in [-0.1, -0.05) is 12.1 Å². The number of methoxy groups -OCH3 is 1. The Labute approximate surface area is 132 Å². The van der Waals surface area contributed by atoms with Gasteiger partial charge >= 0.3 is 13.1 Å². The number of hydrogen-bond donors (Lipinski definition) is 0. The Kier molecular flexibility index (Phi) is 4.54. The number of benzene rings is 1. The second kappa shape index (κ2) is 5.93. The zero-order valence-corrected chi connectivity index (χ0v) is 14.0. The number of ether oxygens (including phenoxy) is 2. The molecular weight excluding hydrogens is 283 g/mol. The summed E-state index contributed by atoms with van der Waals surface area (Å²) in [6, 6.07) is 7.37. The first-order chi connectivity index (χ1) is 10.2. The first-order valence-corrected chi connectivity index (χ1v) is 7.36. The Hall–Kier alpha value is -1.53. The van der Waals surface area contributed by atoms with E-state index in [-0.39, 0.29) is 0 Å². The van der Waals surface area contributed by atoms with Crippen molar-refractivity contribution in [3.8, 4) is 5.75 Å². The first kappa shape index (κ1) is 16.8. The van der Waals surface area contributed by atoms with Gasteiger partial charge in [-0.25, -0.2) is 4.79 Å². The molecular formula is C16H23BO5. The molecule has 1 aliphatic heterocycles. The molecule has 1 aromatic carbocycles. The third kappa shape index (κ3) is 3.28. The molecule has 1 aliphatic rings. The summed E-state index contributed by atoms with van der Waals surface area (Å²) in [6.45, 7) is 9.67. The predicted octanol–water partition coefficient (Wildman–Crippen LogP) is 1.93. The summed E-state index contributed by atoms with van der Waals surface area (Å²) in [5.41, 5.74) is 0.0648. The van der Waals surface area contributed by atoms with Gasteiger partial charge in [-0.3, -0.25) is 0 Å². The second-order valence-corrected chi connectivity index (χ2v) is 6.44. The van der Waals surface area contributed by atoms with E-state index in [0.29, 0.717) is 5.75 Å². The van der Waals surface area contributed by atoms with Gasteiger partial charge in [0.1, 0.15) is 5.75 Å². The van der Waals surface area contributed by atoms with Crippen molar-refractivity contribution in [2.45, 2.75) is 51.9 Å². The van der Waals surface area contributed by atoms with Crippen molar-refractivity contribution < 1.29 is 23.6 Å². The molecule has 1 saturated heterocycles. The van der Waals surface area contributed by atoms with E-state index in [9.17, 15) is 4.79 Å². The fourth-order valence-electron chi connectivity index (χ4n) is 2.13. The minimum Gasteiger partial charge on any atom is -0.479 e. The Morgan fingerprint density at radius 2 is 1.77 bits per heavy atom. The number of carbonyl (C=O) groups is 1. The highest BCUT2D eigenvalue weighted by Gasteiger charge is 2.51. The summed E-state index contributed by atoms with van der Waals surface area (Å²) >= 11 is 0. The monoisotopic (exact) mass is 306 g/mol. The molecule has 0 amide bonds. The largest absolute Gasteiger partial charge is 0.494 e. The molecule has 0 spiro atoms. The van der Waals surface area contributed by atoms with Crippen molar-refractivity contribution >= 4 is 18.6 Å². The molecule has 5 nitrogen and oxygen atoms in total. The van der Waals surface area contributed by atoms with Gasteiger partial charge in [0, 0.05) is 0 Å². The summed E-state index contributed by atoms with van der Waals surface area (Å²) in [5.74, 6) is 0.158. The molecule has 22 heavy (non-hydrogen) atoms. The van der Waals surface area contributed by atoms with Crippen LogP contribution in [-0.4, -0.2) is 37.5 Å². The van der Waals surface area contributed by atoms with Gasteiger partial charge < -0.3 is 18.8 Å². The third-order valence-electron chi connectivity index (χ3n) is 4.23. The van der Waals surface area contributed by atoms with E-state index in [1.54, 1.807) is 13.0 Å². The number of carbonyl (C=O) groups excluding carboxylic acids is 1. The number of hydrogen-bond acceptors (Lipinski definition) is 5. The summed E-state index contributed by atoms with van der Waals surface area (Å²) in [4.78, 5) is 11.4. The van der Waals surface area contributed by atoms with E-state index in [0.717, 1.165) is 5.46 Å². The van der Waals surface area contributed by atoms with Gasteiger partial charge in [-0.05, 0) is 52.2 Å². The van der Waals surface area contributed by atoms with Crippen LogP contribution >= 0.6 is 0 Å². The van der Waals surface area contributed by atoms with Crippen LogP contribution in [0.15, 0.2) is 24.3 Å². The Morgan fingerprint density at radius 1 is 1.18 bits per heavy atom. The fraction of sp³-hybridized carbons (Fsp3) is 0.562. The van der Waals surface area contributed by atoms with Crippen LogP contribution in [0.25, 0.3) is 0 Å². The van der Waals surface area contributed by atoms with Gasteiger partial charge in [0.05, 0.1) is 18.3 Å². The summed E-state index contributed by atoms with van der Waals surface area (Å²) < 4.78 is 22.3. The average molecular weight is 306 g/mol. The maximum absolute atomic E-state index is 11.4. The van der Waals surface area contributed by atoms with Gasteiger partial charge in [-0.2, -0.15) is 0 Å². The molecule has 1 heterocycles. The molecule has 1 fully saturated rings. The molecule has 1 unspecified atom stereocenters. The Morgan fingerprint density at radius 3 is 2.32 bits per heavy atom. The summed E-state index contributed by atoms with van der Waals surface area (Å²) in [6.07, 6.45) is -0.668. The molecule has 0 saturated carbocycles. The SMILES string of the molecule is COC(=O)C(C)Oc1cccc(B2OC(C)(C)C(C)(C)O2)c1. The lowest BCUT2D eigenvalue weighted by molar-refractivity contribution is -0.147. The van der Waals surface area contributed by atoms with E-state index in [1.807, 2.05) is 45.9 Å². The molecule has 2 rings (SSSR count).